The summed E-state index contributed by atoms with van der Waals surface area (Å²) in [4.78, 5) is 24.8. The zero-order chi connectivity index (χ0) is 25.7. The number of carbonyl (C=O) groups excluding carboxylic acids is 2. The van der Waals surface area contributed by atoms with Gasteiger partial charge in [0.2, 0.25) is 0 Å². The predicted octanol–water partition coefficient (Wildman–Crippen LogP) is 7.42. The molecule has 0 aliphatic rings. The molecule has 0 aliphatic carbocycles. The summed E-state index contributed by atoms with van der Waals surface area (Å²) in [5, 5.41) is 2.55. The minimum absolute atomic E-state index is 0.269. The van der Waals surface area contributed by atoms with Gasteiger partial charge in [-0.1, -0.05) is 70.7 Å². The Balaban J connectivity index is 1.42. The summed E-state index contributed by atoms with van der Waals surface area (Å²) in [6.45, 7) is -0.756. The average molecular weight is 566 g/mol. The van der Waals surface area contributed by atoms with E-state index in [1.807, 2.05) is 0 Å². The maximum Gasteiger partial charge on any atom is 0.349 e. The van der Waals surface area contributed by atoms with Gasteiger partial charge in [-0.3, -0.25) is 0 Å². The molecule has 4 aromatic carbocycles. The highest BCUT2D eigenvalue weighted by molar-refractivity contribution is 6.36. The molecule has 0 fully saturated rings. The van der Waals surface area contributed by atoms with Crippen LogP contribution in [0.25, 0.3) is 10.8 Å². The van der Waals surface area contributed by atoms with Crippen LogP contribution in [0.15, 0.2) is 72.8 Å². The number of halogens is 4. The smallest absolute Gasteiger partial charge is 0.349 e. The van der Waals surface area contributed by atoms with E-state index in [9.17, 15) is 9.59 Å². The van der Waals surface area contributed by atoms with Crippen molar-refractivity contribution in [2.24, 2.45) is 0 Å². The first kappa shape index (κ1) is 25.9. The van der Waals surface area contributed by atoms with Crippen LogP contribution >= 0.6 is 46.4 Å². The van der Waals surface area contributed by atoms with Crippen LogP contribution in [0.1, 0.15) is 0 Å². The minimum Gasteiger partial charge on any atom is -0.480 e. The van der Waals surface area contributed by atoms with Crippen LogP contribution in [0.2, 0.25) is 20.1 Å². The maximum absolute atomic E-state index is 12.4. The zero-order valence-electron chi connectivity index (χ0n) is 18.3. The number of carbonyl (C=O) groups is 2. The topological polar surface area (TPSA) is 71.1 Å². The van der Waals surface area contributed by atoms with E-state index in [2.05, 4.69) is 0 Å². The van der Waals surface area contributed by atoms with Crippen molar-refractivity contribution in [3.05, 3.63) is 92.9 Å². The fraction of sp³-hybridized carbons (Fsp3) is 0.0769. The van der Waals surface area contributed by atoms with Crippen molar-refractivity contribution in [1.29, 1.82) is 0 Å². The van der Waals surface area contributed by atoms with Crippen molar-refractivity contribution < 1.29 is 28.5 Å². The normalized spacial score (nSPS) is 10.7. The Bertz CT molecular complexity index is 1330. The monoisotopic (exact) mass is 564 g/mol. The summed E-state index contributed by atoms with van der Waals surface area (Å²) < 4.78 is 21.8. The third kappa shape index (κ3) is 6.53. The van der Waals surface area contributed by atoms with Crippen molar-refractivity contribution in [2.75, 3.05) is 13.2 Å². The SMILES string of the molecule is O=C(COc1ccc(Cl)cc1Cl)Oc1cccc2c(OC(=O)COc3ccc(Cl)cc3Cl)cccc12. The molecule has 0 saturated heterocycles. The van der Waals surface area contributed by atoms with Gasteiger partial charge in [-0.05, 0) is 48.5 Å². The van der Waals surface area contributed by atoms with Crippen molar-refractivity contribution >= 4 is 69.1 Å². The van der Waals surface area contributed by atoms with E-state index in [1.165, 1.54) is 12.1 Å². The first-order valence-corrected chi connectivity index (χ1v) is 11.9. The first-order valence-electron chi connectivity index (χ1n) is 10.4. The van der Waals surface area contributed by atoms with Crippen LogP contribution in [0.4, 0.5) is 0 Å². The van der Waals surface area contributed by atoms with Crippen molar-refractivity contribution in [3.8, 4) is 23.0 Å². The van der Waals surface area contributed by atoms with E-state index in [0.29, 0.717) is 32.3 Å². The van der Waals surface area contributed by atoms with Gasteiger partial charge in [0.05, 0.1) is 10.0 Å². The number of hydrogen-bond donors (Lipinski definition) is 0. The lowest BCUT2D eigenvalue weighted by molar-refractivity contribution is -0.137. The lowest BCUT2D eigenvalue weighted by Crippen LogP contribution is -2.18. The van der Waals surface area contributed by atoms with E-state index in [1.54, 1.807) is 60.7 Å². The highest BCUT2D eigenvalue weighted by atomic mass is 35.5. The molecule has 36 heavy (non-hydrogen) atoms. The maximum atomic E-state index is 12.4. The largest absolute Gasteiger partial charge is 0.480 e. The average Bonchev–Trinajstić information content (AvgIpc) is 2.83. The van der Waals surface area contributed by atoms with Crippen LogP contribution in [-0.4, -0.2) is 25.2 Å². The fourth-order valence-corrected chi connectivity index (χ4v) is 4.12. The van der Waals surface area contributed by atoms with E-state index < -0.39 is 11.9 Å². The van der Waals surface area contributed by atoms with Crippen LogP contribution in [0, 0.1) is 0 Å². The van der Waals surface area contributed by atoms with Gasteiger partial charge in [-0.2, -0.15) is 0 Å². The number of ether oxygens (including phenoxy) is 4. The molecule has 0 amide bonds. The second-order valence-corrected chi connectivity index (χ2v) is 8.97. The van der Waals surface area contributed by atoms with Gasteiger partial charge in [0.1, 0.15) is 23.0 Å². The third-order valence-electron chi connectivity index (χ3n) is 4.77. The molecule has 0 bridgehead atoms. The summed E-state index contributed by atoms with van der Waals surface area (Å²) in [7, 11) is 0. The Labute approximate surface area is 226 Å². The minimum atomic E-state index is -0.649. The Morgan fingerprint density at radius 3 is 1.36 bits per heavy atom. The van der Waals surface area contributed by atoms with Gasteiger partial charge in [0, 0.05) is 20.8 Å². The molecule has 184 valence electrons. The van der Waals surface area contributed by atoms with Crippen LogP contribution in [-0.2, 0) is 9.59 Å². The molecule has 10 heteroatoms. The third-order valence-corrected chi connectivity index (χ3v) is 5.83. The van der Waals surface area contributed by atoms with Crippen molar-refractivity contribution in [2.45, 2.75) is 0 Å². The molecular formula is C26H16Cl4O6. The van der Waals surface area contributed by atoms with Crippen molar-refractivity contribution in [1.82, 2.24) is 0 Å². The molecule has 0 aromatic heterocycles. The number of fused-ring (bicyclic) bond motifs is 1. The van der Waals surface area contributed by atoms with Gasteiger partial charge in [-0.25, -0.2) is 9.59 Å². The lowest BCUT2D eigenvalue weighted by atomic mass is 10.1. The molecule has 4 rings (SSSR count). The quantitative estimate of drug-likeness (QED) is 0.163. The molecule has 0 atom stereocenters. The molecule has 0 spiro atoms. The molecule has 0 radical (unpaired) electrons. The van der Waals surface area contributed by atoms with E-state index >= 15 is 0 Å². The highest BCUT2D eigenvalue weighted by Gasteiger charge is 2.15. The highest BCUT2D eigenvalue weighted by Crippen LogP contribution is 2.33. The summed E-state index contributed by atoms with van der Waals surface area (Å²) in [5.41, 5.74) is 0. The van der Waals surface area contributed by atoms with E-state index in [4.69, 9.17) is 65.4 Å². The number of benzene rings is 4. The Morgan fingerprint density at radius 1 is 0.556 bits per heavy atom. The second kappa shape index (κ2) is 11.7. The van der Waals surface area contributed by atoms with Crippen LogP contribution in [0.5, 0.6) is 23.0 Å². The summed E-state index contributed by atoms with van der Waals surface area (Å²) in [5.74, 6) is -0.163. The molecule has 4 aromatic rings. The fourth-order valence-electron chi connectivity index (χ4n) is 3.19. The number of esters is 2. The molecule has 0 N–H and O–H groups in total. The molecule has 0 aliphatic heterocycles. The van der Waals surface area contributed by atoms with E-state index in [-0.39, 0.29) is 34.8 Å². The Morgan fingerprint density at radius 2 is 0.972 bits per heavy atom. The molecule has 0 saturated carbocycles. The van der Waals surface area contributed by atoms with E-state index in [0.717, 1.165) is 0 Å². The summed E-state index contributed by atoms with van der Waals surface area (Å²) in [6, 6.07) is 19.4. The van der Waals surface area contributed by atoms with Crippen molar-refractivity contribution in [3.63, 3.8) is 0 Å². The number of hydrogen-bond acceptors (Lipinski definition) is 6. The Hall–Kier alpha value is -3.16. The van der Waals surface area contributed by atoms with Gasteiger partial charge in [-0.15, -0.1) is 0 Å². The van der Waals surface area contributed by atoms with Gasteiger partial charge in [0.15, 0.2) is 13.2 Å². The molecule has 0 unspecified atom stereocenters. The summed E-state index contributed by atoms with van der Waals surface area (Å²) >= 11 is 23.8. The van der Waals surface area contributed by atoms with Gasteiger partial charge < -0.3 is 18.9 Å². The zero-order valence-corrected chi connectivity index (χ0v) is 21.3. The lowest BCUT2D eigenvalue weighted by Gasteiger charge is -2.12. The summed E-state index contributed by atoms with van der Waals surface area (Å²) in [6.07, 6.45) is 0. The van der Waals surface area contributed by atoms with Gasteiger partial charge >= 0.3 is 11.9 Å². The Kier molecular flexibility index (Phi) is 8.44. The first-order chi connectivity index (χ1) is 17.3. The molecule has 0 heterocycles. The van der Waals surface area contributed by atoms with Crippen LogP contribution in [0.3, 0.4) is 0 Å². The molecule has 6 nitrogen and oxygen atoms in total. The second-order valence-electron chi connectivity index (χ2n) is 7.28. The number of rotatable bonds is 8. The van der Waals surface area contributed by atoms with Gasteiger partial charge in [0.25, 0.3) is 0 Å². The predicted molar refractivity (Wildman–Crippen MR) is 139 cm³/mol. The standard InChI is InChI=1S/C26H16Cl4O6/c27-15-7-9-23(19(29)11-15)33-13-25(31)35-21-5-1-3-17-18(21)4-2-6-22(17)36-26(32)14-34-24-10-8-16(28)12-20(24)30/h1-12H,13-14H2. The van der Waals surface area contributed by atoms with Crippen LogP contribution < -0.4 is 18.9 Å². The molecular weight excluding hydrogens is 550 g/mol.